The van der Waals surface area contributed by atoms with E-state index < -0.39 is 0 Å². The number of hydrogen-bond donors (Lipinski definition) is 0. The van der Waals surface area contributed by atoms with Gasteiger partial charge in [0.1, 0.15) is 0 Å². The van der Waals surface area contributed by atoms with Crippen molar-refractivity contribution in [3.63, 3.8) is 0 Å². The van der Waals surface area contributed by atoms with Gasteiger partial charge >= 0.3 is 0 Å². The molecule has 0 radical (unpaired) electrons. The summed E-state index contributed by atoms with van der Waals surface area (Å²) >= 11 is 0. The topological polar surface area (TPSA) is 0 Å². The highest BCUT2D eigenvalue weighted by molar-refractivity contribution is 5.48. The lowest BCUT2D eigenvalue weighted by atomic mass is 9.77. The molecule has 1 fully saturated rings. The molecule has 0 N–H and O–H groups in total. The largest absolute Gasteiger partial charge is 0.216 e. The molecular weight excluding hydrogens is 259 g/mol. The molecule has 1 saturated carbocycles. The first-order valence-electron chi connectivity index (χ1n) is 8.70. The first-order valence-corrected chi connectivity index (χ1v) is 8.70. The fourth-order valence-electron chi connectivity index (χ4n) is 3.60. The van der Waals surface area contributed by atoms with Gasteiger partial charge in [-0.15, -0.1) is 0 Å². The number of unbranched alkanes of at least 4 members (excludes halogenated alkanes) is 3. The molecule has 2 rings (SSSR count). The van der Waals surface area contributed by atoms with Crippen LogP contribution in [-0.2, 0) is 0 Å². The van der Waals surface area contributed by atoms with Crippen molar-refractivity contribution < 1.29 is 4.39 Å². The van der Waals surface area contributed by atoms with E-state index in [2.05, 4.69) is 19.1 Å². The molecule has 0 nitrogen and oxygen atoms in total. The third-order valence-corrected chi connectivity index (χ3v) is 4.98. The molecule has 0 heterocycles. The molecular formula is C20H29F. The highest BCUT2D eigenvalue weighted by Crippen LogP contribution is 2.37. The van der Waals surface area contributed by atoms with Crippen molar-refractivity contribution in [1.29, 1.82) is 0 Å². The molecule has 0 saturated heterocycles. The van der Waals surface area contributed by atoms with Crippen LogP contribution in [0, 0.1) is 5.92 Å². The van der Waals surface area contributed by atoms with Crippen LogP contribution in [0.1, 0.15) is 81.8 Å². The zero-order valence-corrected chi connectivity index (χ0v) is 13.4. The second-order valence-corrected chi connectivity index (χ2v) is 6.53. The minimum atomic E-state index is 0.610. The van der Waals surface area contributed by atoms with Gasteiger partial charge in [-0.25, -0.2) is 4.39 Å². The fourth-order valence-corrected chi connectivity index (χ4v) is 3.60. The molecule has 0 aromatic heterocycles. The first kappa shape index (κ1) is 16.3. The zero-order valence-electron chi connectivity index (χ0n) is 13.4. The standard InChI is InChI=1S/C20H29F/c1-2-3-4-5-6-17-7-11-19(12-8-17)20-13-9-18(10-14-20)15-16-21/h9-10,13-17,19H,2-8,11-12H2,1H3/t17-,19-. The summed E-state index contributed by atoms with van der Waals surface area (Å²) in [6.07, 6.45) is 14.6. The van der Waals surface area contributed by atoms with Gasteiger partial charge in [-0.3, -0.25) is 0 Å². The van der Waals surface area contributed by atoms with E-state index in [1.165, 1.54) is 69.4 Å². The molecule has 1 heteroatoms. The van der Waals surface area contributed by atoms with Crippen LogP contribution in [-0.4, -0.2) is 0 Å². The number of halogens is 1. The number of hydrogen-bond acceptors (Lipinski definition) is 0. The van der Waals surface area contributed by atoms with Crippen LogP contribution in [0.5, 0.6) is 0 Å². The smallest absolute Gasteiger partial charge is 0.0872 e. The highest BCUT2D eigenvalue weighted by Gasteiger charge is 2.21. The van der Waals surface area contributed by atoms with Crippen molar-refractivity contribution in [3.8, 4) is 0 Å². The van der Waals surface area contributed by atoms with Gasteiger partial charge < -0.3 is 0 Å². The Kier molecular flexibility index (Phi) is 6.99. The Morgan fingerprint density at radius 3 is 2.33 bits per heavy atom. The molecule has 1 aliphatic carbocycles. The van der Waals surface area contributed by atoms with Crippen molar-refractivity contribution >= 4 is 6.08 Å². The molecule has 0 spiro atoms. The van der Waals surface area contributed by atoms with Gasteiger partial charge in [-0.1, -0.05) is 63.3 Å². The van der Waals surface area contributed by atoms with Gasteiger partial charge in [0.05, 0.1) is 6.33 Å². The number of benzene rings is 1. The molecule has 1 aromatic rings. The Labute approximate surface area is 129 Å². The third kappa shape index (κ3) is 5.30. The minimum Gasteiger partial charge on any atom is -0.216 e. The van der Waals surface area contributed by atoms with E-state index in [0.29, 0.717) is 6.33 Å². The molecule has 1 aliphatic rings. The highest BCUT2D eigenvalue weighted by atomic mass is 19.1. The summed E-state index contributed by atoms with van der Waals surface area (Å²) in [7, 11) is 0. The lowest BCUT2D eigenvalue weighted by molar-refractivity contribution is 0.302. The van der Waals surface area contributed by atoms with Crippen molar-refractivity contribution in [2.75, 3.05) is 0 Å². The second kappa shape index (κ2) is 9.02. The van der Waals surface area contributed by atoms with Crippen LogP contribution >= 0.6 is 0 Å². The van der Waals surface area contributed by atoms with E-state index in [1.807, 2.05) is 12.1 Å². The maximum absolute atomic E-state index is 12.1. The zero-order chi connectivity index (χ0) is 14.9. The lowest BCUT2D eigenvalue weighted by Crippen LogP contribution is -2.13. The van der Waals surface area contributed by atoms with Crippen LogP contribution in [0.25, 0.3) is 6.08 Å². The van der Waals surface area contributed by atoms with E-state index in [9.17, 15) is 4.39 Å². The van der Waals surface area contributed by atoms with Gasteiger partial charge in [0, 0.05) is 0 Å². The van der Waals surface area contributed by atoms with Gasteiger partial charge in [-0.2, -0.15) is 0 Å². The summed E-state index contributed by atoms with van der Waals surface area (Å²) in [5.41, 5.74) is 2.39. The molecule has 21 heavy (non-hydrogen) atoms. The van der Waals surface area contributed by atoms with Crippen molar-refractivity contribution in [3.05, 3.63) is 41.7 Å². The summed E-state index contributed by atoms with van der Waals surface area (Å²) in [4.78, 5) is 0. The Bertz CT molecular complexity index is 410. The van der Waals surface area contributed by atoms with Crippen molar-refractivity contribution in [2.24, 2.45) is 5.92 Å². The van der Waals surface area contributed by atoms with Crippen LogP contribution in [0.3, 0.4) is 0 Å². The maximum atomic E-state index is 12.1. The minimum absolute atomic E-state index is 0.610. The Hall–Kier alpha value is -1.11. The van der Waals surface area contributed by atoms with Crippen LogP contribution in [0.4, 0.5) is 4.39 Å². The molecule has 116 valence electrons. The van der Waals surface area contributed by atoms with Crippen molar-refractivity contribution in [2.45, 2.75) is 70.6 Å². The van der Waals surface area contributed by atoms with Gasteiger partial charge in [0.15, 0.2) is 0 Å². The van der Waals surface area contributed by atoms with Gasteiger partial charge in [0.2, 0.25) is 0 Å². The molecule has 1 aromatic carbocycles. The average Bonchev–Trinajstić information content (AvgIpc) is 2.53. The monoisotopic (exact) mass is 288 g/mol. The Morgan fingerprint density at radius 1 is 1.00 bits per heavy atom. The predicted octanol–water partition coefficient (Wildman–Crippen LogP) is 6.87. The summed E-state index contributed by atoms with van der Waals surface area (Å²) in [5.74, 6) is 1.69. The fraction of sp³-hybridized carbons (Fsp3) is 0.600. The van der Waals surface area contributed by atoms with Crippen LogP contribution in [0.15, 0.2) is 30.6 Å². The van der Waals surface area contributed by atoms with E-state index in [4.69, 9.17) is 0 Å². The summed E-state index contributed by atoms with van der Waals surface area (Å²) in [6, 6.07) is 8.42. The molecule has 0 amide bonds. The van der Waals surface area contributed by atoms with E-state index >= 15 is 0 Å². The predicted molar refractivity (Wildman–Crippen MR) is 90.0 cm³/mol. The lowest BCUT2D eigenvalue weighted by Gasteiger charge is -2.29. The van der Waals surface area contributed by atoms with E-state index in [1.54, 1.807) is 0 Å². The average molecular weight is 288 g/mol. The molecule has 0 unspecified atom stereocenters. The second-order valence-electron chi connectivity index (χ2n) is 6.53. The molecule has 0 bridgehead atoms. The first-order chi connectivity index (χ1) is 10.3. The summed E-state index contributed by atoms with van der Waals surface area (Å²) in [6.45, 7) is 2.28. The van der Waals surface area contributed by atoms with Gasteiger partial charge in [0.25, 0.3) is 0 Å². The number of rotatable bonds is 7. The summed E-state index contributed by atoms with van der Waals surface area (Å²) < 4.78 is 12.1. The normalized spacial score (nSPS) is 22.8. The van der Waals surface area contributed by atoms with E-state index in [-0.39, 0.29) is 0 Å². The Balaban J connectivity index is 1.75. The van der Waals surface area contributed by atoms with Crippen LogP contribution in [0.2, 0.25) is 0 Å². The van der Waals surface area contributed by atoms with Crippen molar-refractivity contribution in [1.82, 2.24) is 0 Å². The molecule has 0 atom stereocenters. The summed E-state index contributed by atoms with van der Waals surface area (Å²) in [5, 5.41) is 0. The third-order valence-electron chi connectivity index (χ3n) is 4.98. The SMILES string of the molecule is CCCCCC[C@H]1CC[C@H](c2ccc(C=CF)cc2)CC1. The van der Waals surface area contributed by atoms with Gasteiger partial charge in [-0.05, 0) is 54.7 Å². The maximum Gasteiger partial charge on any atom is 0.0872 e. The van der Waals surface area contributed by atoms with Crippen LogP contribution < -0.4 is 0 Å². The Morgan fingerprint density at radius 2 is 1.71 bits per heavy atom. The van der Waals surface area contributed by atoms with E-state index in [0.717, 1.165) is 17.4 Å². The molecule has 0 aliphatic heterocycles. The quantitative estimate of drug-likeness (QED) is 0.480.